The standard InChI is InChI=1S/C20H17ClF3N3O3/c1-2-19(12-6-4-3-5-7-12)17(29)27(18(30)26-19)11-16(28)25-15-10-13(20(22,23)24)8-9-14(15)21/h3-10H,2,11H2,1H3,(H,25,28)(H,26,30). The maximum atomic E-state index is 13.0. The molecule has 0 spiro atoms. The summed E-state index contributed by atoms with van der Waals surface area (Å²) >= 11 is 5.87. The molecule has 2 aromatic rings. The van der Waals surface area contributed by atoms with Crippen LogP contribution in [0.15, 0.2) is 48.5 Å². The monoisotopic (exact) mass is 439 g/mol. The van der Waals surface area contributed by atoms with Crippen molar-refractivity contribution >= 4 is 35.1 Å². The van der Waals surface area contributed by atoms with Crippen molar-refractivity contribution in [2.24, 2.45) is 0 Å². The Bertz CT molecular complexity index is 998. The van der Waals surface area contributed by atoms with Crippen molar-refractivity contribution in [2.45, 2.75) is 25.1 Å². The predicted octanol–water partition coefficient (Wildman–Crippen LogP) is 4.15. The molecule has 0 bridgehead atoms. The highest BCUT2D eigenvalue weighted by Crippen LogP contribution is 2.34. The van der Waals surface area contributed by atoms with Gasteiger partial charge in [0, 0.05) is 0 Å². The molecule has 0 saturated carbocycles. The Morgan fingerprint density at radius 3 is 2.43 bits per heavy atom. The van der Waals surface area contributed by atoms with Crippen LogP contribution in [-0.4, -0.2) is 29.3 Å². The Kier molecular flexibility index (Phi) is 5.76. The van der Waals surface area contributed by atoms with E-state index >= 15 is 0 Å². The first kappa shape index (κ1) is 21.6. The quantitative estimate of drug-likeness (QED) is 0.687. The third-order valence-corrected chi connectivity index (χ3v) is 5.17. The van der Waals surface area contributed by atoms with E-state index in [2.05, 4.69) is 10.6 Å². The lowest BCUT2D eigenvalue weighted by atomic mass is 9.87. The van der Waals surface area contributed by atoms with Crippen LogP contribution >= 0.6 is 11.6 Å². The van der Waals surface area contributed by atoms with E-state index in [4.69, 9.17) is 11.6 Å². The summed E-state index contributed by atoms with van der Waals surface area (Å²) in [7, 11) is 0. The molecule has 0 aliphatic carbocycles. The molecular weight excluding hydrogens is 423 g/mol. The first-order chi connectivity index (χ1) is 14.1. The fourth-order valence-electron chi connectivity index (χ4n) is 3.26. The molecule has 1 saturated heterocycles. The second-order valence-electron chi connectivity index (χ2n) is 6.69. The Labute approximate surface area is 175 Å². The number of amides is 4. The molecule has 0 aromatic heterocycles. The van der Waals surface area contributed by atoms with E-state index in [1.165, 1.54) is 0 Å². The molecule has 1 heterocycles. The molecule has 1 aliphatic rings. The van der Waals surface area contributed by atoms with Crippen LogP contribution in [0.2, 0.25) is 5.02 Å². The van der Waals surface area contributed by atoms with Crippen molar-refractivity contribution in [2.75, 3.05) is 11.9 Å². The van der Waals surface area contributed by atoms with E-state index in [0.29, 0.717) is 11.6 Å². The molecule has 30 heavy (non-hydrogen) atoms. The number of carbonyl (C=O) groups is 3. The molecule has 1 atom stereocenters. The summed E-state index contributed by atoms with van der Waals surface area (Å²) < 4.78 is 38.7. The summed E-state index contributed by atoms with van der Waals surface area (Å²) in [6, 6.07) is 10.3. The fraction of sp³-hybridized carbons (Fsp3) is 0.250. The Morgan fingerprint density at radius 2 is 1.83 bits per heavy atom. The SMILES string of the molecule is CCC1(c2ccccc2)NC(=O)N(CC(=O)Nc2cc(C(F)(F)F)ccc2Cl)C1=O. The van der Waals surface area contributed by atoms with Crippen molar-refractivity contribution in [3.05, 3.63) is 64.7 Å². The van der Waals surface area contributed by atoms with Crippen molar-refractivity contribution in [1.29, 1.82) is 0 Å². The number of hydrogen-bond acceptors (Lipinski definition) is 3. The first-order valence-corrected chi connectivity index (χ1v) is 9.32. The maximum absolute atomic E-state index is 13.0. The summed E-state index contributed by atoms with van der Waals surface area (Å²) in [5.41, 5.74) is -2.01. The van der Waals surface area contributed by atoms with Gasteiger partial charge in [0.1, 0.15) is 12.1 Å². The van der Waals surface area contributed by atoms with Crippen LogP contribution in [0.3, 0.4) is 0 Å². The summed E-state index contributed by atoms with van der Waals surface area (Å²) in [6.07, 6.45) is -4.37. The van der Waals surface area contributed by atoms with E-state index in [1.54, 1.807) is 37.3 Å². The van der Waals surface area contributed by atoms with Crippen LogP contribution in [-0.2, 0) is 21.3 Å². The number of urea groups is 1. The van der Waals surface area contributed by atoms with Gasteiger partial charge >= 0.3 is 12.2 Å². The molecule has 4 amide bonds. The highest BCUT2D eigenvalue weighted by molar-refractivity contribution is 6.33. The molecule has 1 unspecified atom stereocenters. The normalized spacial score (nSPS) is 19.0. The molecule has 6 nitrogen and oxygen atoms in total. The first-order valence-electron chi connectivity index (χ1n) is 8.94. The lowest BCUT2D eigenvalue weighted by Gasteiger charge is -2.25. The number of benzene rings is 2. The van der Waals surface area contributed by atoms with Gasteiger partial charge in [-0.05, 0) is 30.2 Å². The minimum absolute atomic E-state index is 0.110. The van der Waals surface area contributed by atoms with E-state index in [1.807, 2.05) is 0 Å². The number of anilines is 1. The number of rotatable bonds is 5. The Hall–Kier alpha value is -3.07. The van der Waals surface area contributed by atoms with Gasteiger partial charge in [-0.15, -0.1) is 0 Å². The number of nitrogens with zero attached hydrogens (tertiary/aromatic N) is 1. The molecule has 2 aromatic carbocycles. The molecule has 1 aliphatic heterocycles. The highest BCUT2D eigenvalue weighted by Gasteiger charge is 2.51. The summed E-state index contributed by atoms with van der Waals surface area (Å²) in [5, 5.41) is 4.75. The second kappa shape index (κ2) is 7.98. The highest BCUT2D eigenvalue weighted by atomic mass is 35.5. The molecule has 10 heteroatoms. The third kappa shape index (κ3) is 3.97. The van der Waals surface area contributed by atoms with Gasteiger partial charge in [0.25, 0.3) is 5.91 Å². The van der Waals surface area contributed by atoms with Gasteiger partial charge in [-0.3, -0.25) is 14.5 Å². The zero-order chi connectivity index (χ0) is 22.1. The zero-order valence-corrected chi connectivity index (χ0v) is 16.5. The van der Waals surface area contributed by atoms with Crippen molar-refractivity contribution < 1.29 is 27.6 Å². The van der Waals surface area contributed by atoms with Crippen molar-refractivity contribution in [3.63, 3.8) is 0 Å². The molecule has 2 N–H and O–H groups in total. The molecular formula is C20H17ClF3N3O3. The van der Waals surface area contributed by atoms with E-state index in [0.717, 1.165) is 17.0 Å². The van der Waals surface area contributed by atoms with Gasteiger partial charge in [0.2, 0.25) is 5.91 Å². The summed E-state index contributed by atoms with van der Waals surface area (Å²) in [5.74, 6) is -1.48. The Balaban J connectivity index is 1.79. The number of hydrogen-bond donors (Lipinski definition) is 2. The van der Waals surface area contributed by atoms with Crippen LogP contribution in [0.5, 0.6) is 0 Å². The maximum Gasteiger partial charge on any atom is 0.416 e. The van der Waals surface area contributed by atoms with E-state index in [-0.39, 0.29) is 17.1 Å². The van der Waals surface area contributed by atoms with Gasteiger partial charge in [0.05, 0.1) is 16.3 Å². The number of alkyl halides is 3. The zero-order valence-electron chi connectivity index (χ0n) is 15.7. The predicted molar refractivity (Wildman–Crippen MR) is 104 cm³/mol. The molecule has 3 rings (SSSR count). The average molecular weight is 440 g/mol. The number of nitrogens with one attached hydrogen (secondary N) is 2. The molecule has 1 fully saturated rings. The van der Waals surface area contributed by atoms with E-state index in [9.17, 15) is 27.6 Å². The van der Waals surface area contributed by atoms with Crippen LogP contribution in [0.1, 0.15) is 24.5 Å². The van der Waals surface area contributed by atoms with Gasteiger partial charge in [-0.1, -0.05) is 48.9 Å². The minimum atomic E-state index is -4.62. The van der Waals surface area contributed by atoms with Crippen LogP contribution in [0.25, 0.3) is 0 Å². The number of imide groups is 1. The summed E-state index contributed by atoms with van der Waals surface area (Å²) in [4.78, 5) is 38.5. The van der Waals surface area contributed by atoms with Gasteiger partial charge in [-0.25, -0.2) is 4.79 Å². The molecule has 0 radical (unpaired) electrons. The van der Waals surface area contributed by atoms with Crippen LogP contribution in [0, 0.1) is 0 Å². The van der Waals surface area contributed by atoms with Crippen molar-refractivity contribution in [1.82, 2.24) is 10.2 Å². The second-order valence-corrected chi connectivity index (χ2v) is 7.09. The smallest absolute Gasteiger partial charge is 0.323 e. The number of halogens is 4. The largest absolute Gasteiger partial charge is 0.416 e. The fourth-order valence-corrected chi connectivity index (χ4v) is 3.43. The van der Waals surface area contributed by atoms with Crippen molar-refractivity contribution in [3.8, 4) is 0 Å². The van der Waals surface area contributed by atoms with E-state index < -0.39 is 41.7 Å². The average Bonchev–Trinajstić information content (AvgIpc) is 2.94. The summed E-state index contributed by atoms with van der Waals surface area (Å²) in [6.45, 7) is 1.04. The minimum Gasteiger partial charge on any atom is -0.323 e. The van der Waals surface area contributed by atoms with Gasteiger partial charge in [-0.2, -0.15) is 13.2 Å². The lowest BCUT2D eigenvalue weighted by molar-refractivity contribution is -0.137. The Morgan fingerprint density at radius 1 is 1.17 bits per heavy atom. The van der Waals surface area contributed by atoms with Crippen LogP contribution in [0.4, 0.5) is 23.7 Å². The third-order valence-electron chi connectivity index (χ3n) is 4.84. The topological polar surface area (TPSA) is 78.5 Å². The molecule has 158 valence electrons. The lowest BCUT2D eigenvalue weighted by Crippen LogP contribution is -2.44. The van der Waals surface area contributed by atoms with Gasteiger partial charge < -0.3 is 10.6 Å². The van der Waals surface area contributed by atoms with Gasteiger partial charge in [0.15, 0.2) is 0 Å². The number of carbonyl (C=O) groups excluding carboxylic acids is 3. The van der Waals surface area contributed by atoms with Crippen LogP contribution < -0.4 is 10.6 Å².